The van der Waals surface area contributed by atoms with Gasteiger partial charge in [-0.2, -0.15) is 0 Å². The predicted octanol–water partition coefficient (Wildman–Crippen LogP) is 4.46. The van der Waals surface area contributed by atoms with Crippen molar-refractivity contribution in [2.75, 3.05) is 0 Å². The fraction of sp³-hybridized carbons (Fsp3) is 0.0714. The smallest absolute Gasteiger partial charge is 0.111 e. The maximum absolute atomic E-state index is 6.17. The van der Waals surface area contributed by atoms with Crippen LogP contribution in [-0.2, 0) is 6.42 Å². The molecule has 1 heterocycles. The molecule has 0 unspecified atom stereocenters. The van der Waals surface area contributed by atoms with Crippen LogP contribution in [0.2, 0.25) is 10.0 Å². The minimum Gasteiger partial charge on any atom is -0.342 e. The number of rotatable bonds is 2. The number of fused-ring (bicyclic) bond motifs is 1. The van der Waals surface area contributed by atoms with Crippen LogP contribution in [0.3, 0.4) is 0 Å². The monoisotopic (exact) mass is 276 g/mol. The number of aromatic nitrogens is 2. The van der Waals surface area contributed by atoms with E-state index < -0.39 is 0 Å². The quantitative estimate of drug-likeness (QED) is 0.736. The molecule has 0 saturated carbocycles. The second kappa shape index (κ2) is 4.63. The number of nitrogens with one attached hydrogen (secondary N) is 1. The van der Waals surface area contributed by atoms with E-state index in [-0.39, 0.29) is 0 Å². The summed E-state index contributed by atoms with van der Waals surface area (Å²) < 4.78 is 0. The molecule has 1 N–H and O–H groups in total. The van der Waals surface area contributed by atoms with Gasteiger partial charge in [0, 0.05) is 6.42 Å². The van der Waals surface area contributed by atoms with Gasteiger partial charge < -0.3 is 4.98 Å². The molecule has 3 aromatic rings. The van der Waals surface area contributed by atoms with Gasteiger partial charge in [-0.3, -0.25) is 0 Å². The molecule has 3 rings (SSSR count). The van der Waals surface area contributed by atoms with E-state index in [9.17, 15) is 0 Å². The lowest BCUT2D eigenvalue weighted by atomic mass is 10.1. The number of hydrogen-bond acceptors (Lipinski definition) is 1. The highest BCUT2D eigenvalue weighted by Gasteiger charge is 2.08. The van der Waals surface area contributed by atoms with Crippen LogP contribution in [0.1, 0.15) is 11.4 Å². The molecule has 0 radical (unpaired) electrons. The Kier molecular flexibility index (Phi) is 2.98. The van der Waals surface area contributed by atoms with Gasteiger partial charge in [0.2, 0.25) is 0 Å². The molecule has 0 spiro atoms. The average Bonchev–Trinajstić information content (AvgIpc) is 2.77. The van der Waals surface area contributed by atoms with E-state index in [1.807, 2.05) is 36.4 Å². The minimum atomic E-state index is 0.574. The summed E-state index contributed by atoms with van der Waals surface area (Å²) in [5, 5.41) is 1.17. The van der Waals surface area contributed by atoms with E-state index in [0.717, 1.165) is 22.4 Å². The summed E-state index contributed by atoms with van der Waals surface area (Å²) >= 11 is 12.2. The van der Waals surface area contributed by atoms with Crippen molar-refractivity contribution in [1.29, 1.82) is 0 Å². The highest BCUT2D eigenvalue weighted by atomic mass is 35.5. The van der Waals surface area contributed by atoms with Gasteiger partial charge in [-0.25, -0.2) is 4.98 Å². The molecule has 90 valence electrons. The summed E-state index contributed by atoms with van der Waals surface area (Å²) in [5.74, 6) is 0.889. The predicted molar refractivity (Wildman–Crippen MR) is 75.4 cm³/mol. The van der Waals surface area contributed by atoms with Crippen molar-refractivity contribution in [3.8, 4) is 0 Å². The Labute approximate surface area is 115 Å². The van der Waals surface area contributed by atoms with Gasteiger partial charge in [-0.05, 0) is 23.8 Å². The third-order valence-corrected chi connectivity index (χ3v) is 3.69. The maximum atomic E-state index is 6.17. The first-order valence-electron chi connectivity index (χ1n) is 5.60. The molecule has 0 aliphatic heterocycles. The summed E-state index contributed by atoms with van der Waals surface area (Å²) in [6.45, 7) is 0. The van der Waals surface area contributed by atoms with Crippen molar-refractivity contribution in [3.63, 3.8) is 0 Å². The molecule has 0 aliphatic rings. The van der Waals surface area contributed by atoms with Crippen LogP contribution in [0.5, 0.6) is 0 Å². The lowest BCUT2D eigenvalue weighted by Gasteiger charge is -2.03. The third-order valence-electron chi connectivity index (χ3n) is 2.83. The summed E-state index contributed by atoms with van der Waals surface area (Å²) in [6, 6.07) is 13.6. The number of nitrogens with zero attached hydrogens (tertiary/aromatic N) is 1. The third kappa shape index (κ3) is 2.09. The lowest BCUT2D eigenvalue weighted by molar-refractivity contribution is 1.04. The van der Waals surface area contributed by atoms with Gasteiger partial charge in [0.05, 0.1) is 21.1 Å². The molecular formula is C14H10Cl2N2. The normalized spacial score (nSPS) is 11.0. The van der Waals surface area contributed by atoms with Crippen molar-refractivity contribution < 1.29 is 0 Å². The Morgan fingerprint density at radius 2 is 1.83 bits per heavy atom. The summed E-state index contributed by atoms with van der Waals surface area (Å²) in [5.41, 5.74) is 2.97. The highest BCUT2D eigenvalue weighted by molar-refractivity contribution is 6.42. The molecule has 4 heteroatoms. The molecule has 0 fully saturated rings. The van der Waals surface area contributed by atoms with Gasteiger partial charge in [0.1, 0.15) is 5.82 Å². The summed E-state index contributed by atoms with van der Waals surface area (Å²) in [6.07, 6.45) is 0.647. The number of benzene rings is 2. The molecule has 18 heavy (non-hydrogen) atoms. The van der Waals surface area contributed by atoms with Gasteiger partial charge in [0.25, 0.3) is 0 Å². The number of aromatic amines is 1. The van der Waals surface area contributed by atoms with Crippen LogP contribution in [0.15, 0.2) is 42.5 Å². The molecule has 0 bridgehead atoms. The molecule has 2 aromatic carbocycles. The zero-order chi connectivity index (χ0) is 12.5. The standard InChI is InChI=1S/C14H10Cl2N2/c15-10-5-3-4-9(14(10)16)8-13-17-11-6-1-2-7-12(11)18-13/h1-7H,8H2,(H,17,18). The van der Waals surface area contributed by atoms with E-state index in [1.165, 1.54) is 0 Å². The molecule has 1 aromatic heterocycles. The zero-order valence-corrected chi connectivity index (χ0v) is 11.0. The number of halogens is 2. The topological polar surface area (TPSA) is 28.7 Å². The minimum absolute atomic E-state index is 0.574. The Morgan fingerprint density at radius 1 is 1.00 bits per heavy atom. The van der Waals surface area contributed by atoms with Gasteiger partial charge in [-0.1, -0.05) is 47.5 Å². The number of H-pyrrole nitrogens is 1. The Morgan fingerprint density at radius 3 is 2.67 bits per heavy atom. The fourth-order valence-electron chi connectivity index (χ4n) is 1.95. The average molecular weight is 277 g/mol. The molecule has 0 amide bonds. The van der Waals surface area contributed by atoms with E-state index in [0.29, 0.717) is 16.5 Å². The highest BCUT2D eigenvalue weighted by Crippen LogP contribution is 2.27. The fourth-order valence-corrected chi connectivity index (χ4v) is 2.34. The van der Waals surface area contributed by atoms with E-state index in [2.05, 4.69) is 9.97 Å². The molecule has 0 atom stereocenters. The molecule has 0 saturated heterocycles. The molecule has 2 nitrogen and oxygen atoms in total. The Bertz CT molecular complexity index is 671. The number of imidazole rings is 1. The van der Waals surface area contributed by atoms with Crippen molar-refractivity contribution in [2.45, 2.75) is 6.42 Å². The van der Waals surface area contributed by atoms with Crippen molar-refractivity contribution >= 4 is 34.2 Å². The van der Waals surface area contributed by atoms with Crippen LogP contribution < -0.4 is 0 Å². The Hall–Kier alpha value is -1.51. The second-order valence-electron chi connectivity index (χ2n) is 4.09. The maximum Gasteiger partial charge on any atom is 0.111 e. The van der Waals surface area contributed by atoms with E-state index >= 15 is 0 Å². The first kappa shape index (κ1) is 11.6. The first-order chi connectivity index (χ1) is 8.74. The Balaban J connectivity index is 1.99. The zero-order valence-electron chi connectivity index (χ0n) is 9.45. The van der Waals surface area contributed by atoms with E-state index in [1.54, 1.807) is 6.07 Å². The summed E-state index contributed by atoms with van der Waals surface area (Å²) in [7, 11) is 0. The van der Waals surface area contributed by atoms with Gasteiger partial charge in [0.15, 0.2) is 0 Å². The van der Waals surface area contributed by atoms with Gasteiger partial charge in [-0.15, -0.1) is 0 Å². The lowest BCUT2D eigenvalue weighted by Crippen LogP contribution is -1.92. The number of para-hydroxylation sites is 2. The van der Waals surface area contributed by atoms with Crippen LogP contribution in [0.4, 0.5) is 0 Å². The van der Waals surface area contributed by atoms with Gasteiger partial charge >= 0.3 is 0 Å². The van der Waals surface area contributed by atoms with Crippen molar-refractivity contribution in [2.24, 2.45) is 0 Å². The first-order valence-corrected chi connectivity index (χ1v) is 6.36. The molecular weight excluding hydrogens is 267 g/mol. The van der Waals surface area contributed by atoms with Crippen LogP contribution in [0.25, 0.3) is 11.0 Å². The van der Waals surface area contributed by atoms with Crippen LogP contribution in [0, 0.1) is 0 Å². The van der Waals surface area contributed by atoms with Crippen molar-refractivity contribution in [3.05, 3.63) is 63.9 Å². The van der Waals surface area contributed by atoms with E-state index in [4.69, 9.17) is 23.2 Å². The van der Waals surface area contributed by atoms with Crippen LogP contribution in [-0.4, -0.2) is 9.97 Å². The number of hydrogen-bond donors (Lipinski definition) is 1. The second-order valence-corrected chi connectivity index (χ2v) is 4.88. The summed E-state index contributed by atoms with van der Waals surface area (Å²) in [4.78, 5) is 7.80. The van der Waals surface area contributed by atoms with Crippen LogP contribution >= 0.6 is 23.2 Å². The SMILES string of the molecule is Clc1cccc(Cc2nc3ccccc3[nH]2)c1Cl. The largest absolute Gasteiger partial charge is 0.342 e. The molecule has 0 aliphatic carbocycles. The van der Waals surface area contributed by atoms with Crippen molar-refractivity contribution in [1.82, 2.24) is 9.97 Å².